The molecule has 0 aromatic heterocycles. The number of hydrogen-bond acceptors (Lipinski definition) is 4. The van der Waals surface area contributed by atoms with Gasteiger partial charge in [-0.25, -0.2) is 8.42 Å². The Hall–Kier alpha value is -0.790. The van der Waals surface area contributed by atoms with Crippen LogP contribution in [0.2, 0.25) is 0 Å². The second-order valence-corrected chi connectivity index (χ2v) is 19.9. The summed E-state index contributed by atoms with van der Waals surface area (Å²) < 4.78 is 136. The van der Waals surface area contributed by atoms with Crippen molar-refractivity contribution in [3.63, 3.8) is 0 Å². The summed E-state index contributed by atoms with van der Waals surface area (Å²) in [5.41, 5.74) is 3.83. The van der Waals surface area contributed by atoms with E-state index in [0.29, 0.717) is 0 Å². The predicted octanol–water partition coefficient (Wildman–Crippen LogP) is 12.6. The lowest BCUT2D eigenvalue weighted by Gasteiger charge is -2.44. The van der Waals surface area contributed by atoms with E-state index >= 15 is 0 Å². The minimum absolute atomic E-state index is 0.0531. The van der Waals surface area contributed by atoms with E-state index in [2.05, 4.69) is 46.1 Å². The number of hydrogen-bond donors (Lipinski definition) is 0. The second kappa shape index (κ2) is 22.8. The van der Waals surface area contributed by atoms with Crippen LogP contribution in [0, 0.1) is 0 Å². The molecule has 0 atom stereocenters. The summed E-state index contributed by atoms with van der Waals surface area (Å²) in [5, 5.41) is -7.11. The Labute approximate surface area is 315 Å². The Kier molecular flexibility index (Phi) is 21.6. The Morgan fingerprint density at radius 2 is 1.00 bits per heavy atom. The SMILES string of the molecule is CCCCCCCCN(CCCCCCCC)/C(=C\[N+](C)(C)C)P(C1CCCCC1)C1CCCCC1.O=S(=O)([O-])C(F)(F)C(F)(F)C(F)(F)C(F)(F)F. The van der Waals surface area contributed by atoms with Crippen molar-refractivity contribution in [2.45, 2.75) is 190 Å². The van der Waals surface area contributed by atoms with Crippen molar-refractivity contribution in [3.8, 4) is 0 Å². The van der Waals surface area contributed by atoms with Crippen molar-refractivity contribution in [2.24, 2.45) is 0 Å². The molecule has 2 saturated carbocycles. The largest absolute Gasteiger partial charge is 0.743 e. The Balaban J connectivity index is 0.000000695. The number of rotatable bonds is 22. The average molecular weight is 821 g/mol. The zero-order valence-corrected chi connectivity index (χ0v) is 34.3. The summed E-state index contributed by atoms with van der Waals surface area (Å²) >= 11 is 0. The normalized spacial score (nSPS) is 17.9. The standard InChI is InChI=1S/C33H66N2P.C4HF9O3S/c1-6-8-10-12-14-22-28-34(29-23-15-13-11-9-7-2)33(30-35(3,4)5)36(31-24-18-16-19-25-31)32-26-20-17-21-27-32;5-1(6,3(9,10)11)2(7,8)4(12,13)17(14,15)16/h30-32H,6-29H2,1-5H3;(H,14,15,16)/q+1;/p-1/b33-30+;. The van der Waals surface area contributed by atoms with Crippen LogP contribution in [-0.2, 0) is 10.1 Å². The smallest absolute Gasteiger partial charge is 0.460 e. The van der Waals surface area contributed by atoms with Gasteiger partial charge >= 0.3 is 23.3 Å². The van der Waals surface area contributed by atoms with Crippen LogP contribution in [0.5, 0.6) is 0 Å². The summed E-state index contributed by atoms with van der Waals surface area (Å²) in [6, 6.07) is 0. The third kappa shape index (κ3) is 15.9. The van der Waals surface area contributed by atoms with E-state index in [-0.39, 0.29) is 7.92 Å². The fourth-order valence-electron chi connectivity index (χ4n) is 7.07. The molecule has 0 radical (unpaired) electrons. The minimum atomic E-state index is -7.43. The van der Waals surface area contributed by atoms with E-state index in [1.807, 2.05) is 5.44 Å². The molecular formula is C37H66F9N2O3PS. The van der Waals surface area contributed by atoms with Gasteiger partial charge in [-0.3, -0.25) is 0 Å². The summed E-state index contributed by atoms with van der Waals surface area (Å²) in [7, 11) is -0.253. The third-order valence-electron chi connectivity index (χ3n) is 10.0. The molecule has 16 heteroatoms. The number of nitrogens with zero attached hydrogens (tertiary/aromatic N) is 2. The van der Waals surface area contributed by atoms with E-state index < -0.39 is 33.4 Å². The zero-order valence-electron chi connectivity index (χ0n) is 32.6. The van der Waals surface area contributed by atoms with Crippen LogP contribution in [0.1, 0.15) is 155 Å². The van der Waals surface area contributed by atoms with Gasteiger partial charge in [0.1, 0.15) is 6.20 Å². The number of unbranched alkanes of at least 4 members (excludes halogenated alkanes) is 10. The maximum Gasteiger partial charge on any atom is 0.460 e. The van der Waals surface area contributed by atoms with E-state index in [0.717, 1.165) is 15.8 Å². The summed E-state index contributed by atoms with van der Waals surface area (Å²) in [4.78, 5) is 2.98. The molecule has 0 aromatic rings. The van der Waals surface area contributed by atoms with Crippen molar-refractivity contribution in [1.29, 1.82) is 0 Å². The maximum absolute atomic E-state index is 12.2. The molecule has 0 N–H and O–H groups in total. The lowest BCUT2D eigenvalue weighted by atomic mass is 9.99. The molecule has 2 rings (SSSR count). The highest BCUT2D eigenvalue weighted by Gasteiger charge is 2.83. The first-order valence-electron chi connectivity index (χ1n) is 19.7. The summed E-state index contributed by atoms with van der Waals surface area (Å²) in [5.74, 6) is -14.8. The molecular weight excluding hydrogens is 754 g/mol. The van der Waals surface area contributed by atoms with Gasteiger partial charge in [0.05, 0.1) is 26.6 Å². The van der Waals surface area contributed by atoms with Crippen molar-refractivity contribution >= 4 is 18.0 Å². The molecule has 2 fully saturated rings. The third-order valence-corrected chi connectivity index (χ3v) is 14.4. The lowest BCUT2D eigenvalue weighted by Crippen LogP contribution is -2.63. The first-order valence-corrected chi connectivity index (χ1v) is 22.6. The molecule has 0 amide bonds. The number of quaternary nitrogens is 1. The quantitative estimate of drug-likeness (QED) is 0.0359. The van der Waals surface area contributed by atoms with Crippen LogP contribution in [0.3, 0.4) is 0 Å². The van der Waals surface area contributed by atoms with Gasteiger partial charge < -0.3 is 13.9 Å². The van der Waals surface area contributed by atoms with E-state index in [9.17, 15) is 52.5 Å². The molecule has 0 bridgehead atoms. The zero-order chi connectivity index (χ0) is 40.6. The van der Waals surface area contributed by atoms with Crippen molar-refractivity contribution < 1.29 is 57.0 Å². The van der Waals surface area contributed by atoms with E-state index in [1.54, 1.807) is 0 Å². The van der Waals surface area contributed by atoms with Crippen LogP contribution in [0.15, 0.2) is 11.6 Å². The highest BCUT2D eigenvalue weighted by molar-refractivity contribution is 7.86. The molecule has 53 heavy (non-hydrogen) atoms. The first-order chi connectivity index (χ1) is 24.5. The van der Waals surface area contributed by atoms with Gasteiger partial charge in [0.15, 0.2) is 10.1 Å². The highest BCUT2D eigenvalue weighted by atomic mass is 32.2. The van der Waals surface area contributed by atoms with Crippen molar-refractivity contribution in [1.82, 2.24) is 4.90 Å². The van der Waals surface area contributed by atoms with Crippen LogP contribution in [-0.4, -0.2) is 91.2 Å². The van der Waals surface area contributed by atoms with Crippen molar-refractivity contribution in [2.75, 3.05) is 34.2 Å². The molecule has 0 unspecified atom stereocenters. The second-order valence-electron chi connectivity index (χ2n) is 15.7. The topological polar surface area (TPSA) is 60.4 Å². The van der Waals surface area contributed by atoms with E-state index in [1.165, 1.54) is 154 Å². The molecule has 0 aliphatic heterocycles. The molecule has 0 heterocycles. The molecule has 0 saturated heterocycles. The predicted molar refractivity (Wildman–Crippen MR) is 196 cm³/mol. The monoisotopic (exact) mass is 820 g/mol. The van der Waals surface area contributed by atoms with Crippen LogP contribution in [0.25, 0.3) is 0 Å². The Morgan fingerprint density at radius 3 is 1.32 bits per heavy atom. The molecule has 316 valence electrons. The van der Waals surface area contributed by atoms with Crippen molar-refractivity contribution in [3.05, 3.63) is 11.6 Å². The lowest BCUT2D eigenvalue weighted by molar-refractivity contribution is -0.817. The van der Waals surface area contributed by atoms with Crippen LogP contribution >= 0.6 is 7.92 Å². The van der Waals surface area contributed by atoms with Gasteiger partial charge in [-0.05, 0) is 57.8 Å². The number of alkyl halides is 9. The fourth-order valence-corrected chi connectivity index (χ4v) is 11.7. The molecule has 0 spiro atoms. The van der Waals surface area contributed by atoms with Gasteiger partial charge in [-0.2, -0.15) is 39.5 Å². The average Bonchev–Trinajstić information content (AvgIpc) is 3.06. The summed E-state index contributed by atoms with van der Waals surface area (Å²) in [6.07, 6.45) is 27.5. The van der Waals surface area contributed by atoms with Gasteiger partial charge in [0.2, 0.25) is 0 Å². The molecule has 5 nitrogen and oxygen atoms in total. The maximum atomic E-state index is 12.2. The minimum Gasteiger partial charge on any atom is -0.743 e. The summed E-state index contributed by atoms with van der Waals surface area (Å²) in [6.45, 7) is 7.29. The number of halogens is 9. The van der Waals surface area contributed by atoms with E-state index in [4.69, 9.17) is 0 Å². The fraction of sp³-hybridized carbons (Fsp3) is 0.946. The van der Waals surface area contributed by atoms with Gasteiger partial charge in [-0.1, -0.05) is 117 Å². The van der Waals surface area contributed by atoms with Gasteiger partial charge in [0, 0.05) is 13.1 Å². The van der Waals surface area contributed by atoms with Crippen LogP contribution < -0.4 is 0 Å². The highest BCUT2D eigenvalue weighted by Crippen LogP contribution is 2.62. The van der Waals surface area contributed by atoms with Gasteiger partial charge in [-0.15, -0.1) is 0 Å². The first kappa shape index (κ1) is 50.2. The Bertz CT molecular complexity index is 1120. The molecule has 2 aliphatic carbocycles. The molecule has 2 aliphatic rings. The van der Waals surface area contributed by atoms with Crippen LogP contribution in [0.4, 0.5) is 39.5 Å². The van der Waals surface area contributed by atoms with Gasteiger partial charge in [0.25, 0.3) is 0 Å². The molecule has 0 aromatic carbocycles. The Morgan fingerprint density at radius 1 is 0.642 bits per heavy atom.